The number of nitrogens with zero attached hydrogens (tertiary/aromatic N) is 2. The van der Waals surface area contributed by atoms with Gasteiger partial charge in [-0.15, -0.1) is 12.8 Å². The van der Waals surface area contributed by atoms with E-state index in [4.69, 9.17) is 0 Å². The van der Waals surface area contributed by atoms with Crippen LogP contribution in [0.4, 0.5) is 22.0 Å². The summed E-state index contributed by atoms with van der Waals surface area (Å²) in [5.74, 6) is -0.605. The third-order valence-corrected chi connectivity index (χ3v) is 4.43. The number of hydrogen-bond acceptors (Lipinski definition) is 4. The second kappa shape index (κ2) is 22.5. The molecule has 0 aliphatic rings. The lowest BCUT2D eigenvalue weighted by Crippen LogP contribution is -2.06. The van der Waals surface area contributed by atoms with Crippen molar-refractivity contribution < 1.29 is 31.8 Å². The second-order valence-electron chi connectivity index (χ2n) is 7.50. The lowest BCUT2D eigenvalue weighted by Gasteiger charge is -2.13. The molecular weight excluding hydrogens is 515 g/mol. The third kappa shape index (κ3) is 16.8. The van der Waals surface area contributed by atoms with Gasteiger partial charge in [0.05, 0.1) is 12.3 Å². The maximum absolute atomic E-state index is 13.9. The molecule has 0 unspecified atom stereocenters. The summed E-state index contributed by atoms with van der Waals surface area (Å²) in [6.07, 6.45) is 13.4. The van der Waals surface area contributed by atoms with Crippen molar-refractivity contribution in [1.29, 1.82) is 0 Å². The van der Waals surface area contributed by atoms with Crippen molar-refractivity contribution in [1.82, 2.24) is 4.98 Å². The fourth-order valence-electron chi connectivity index (χ4n) is 2.92. The molecule has 1 heterocycles. The first kappa shape index (κ1) is 37.6. The number of aliphatic hydroxyl groups excluding tert-OH is 1. The standard InChI is InChI=1S/C24H27F3N2O2.C2H4F2.C2H6.C2H2/c1-4-6-7-21(15-30)28-14-17(5-2)12-20-8-9-22(31-24(26)27)23(29-20)18-10-16(3)11-19(25)13-18;1-2(3)4;2*1-2/h5,7-11,13-14,24,30H,4,6,12,15H2,1-3H3;2H,1H3;1-2H3;1-2H/b17-5-,21-7+,28-14+;;;. The Morgan fingerprint density at radius 3 is 2.23 bits per heavy atom. The van der Waals surface area contributed by atoms with Gasteiger partial charge in [-0.25, -0.2) is 18.2 Å². The molecule has 0 radical (unpaired) electrons. The molecule has 0 aliphatic carbocycles. The van der Waals surface area contributed by atoms with Gasteiger partial charge in [0, 0.05) is 23.9 Å². The number of aliphatic imine (C=N–C) groups is 1. The molecular formula is C30H39F5N2O2. The van der Waals surface area contributed by atoms with Crippen LogP contribution in [0.3, 0.4) is 0 Å². The van der Waals surface area contributed by atoms with Crippen LogP contribution in [-0.2, 0) is 6.42 Å². The normalized spacial score (nSPS) is 11.3. The predicted molar refractivity (Wildman–Crippen MR) is 150 cm³/mol. The molecule has 39 heavy (non-hydrogen) atoms. The van der Waals surface area contributed by atoms with Crippen LogP contribution in [0.2, 0.25) is 0 Å². The van der Waals surface area contributed by atoms with Crippen LogP contribution in [0.25, 0.3) is 11.3 Å². The Kier molecular flexibility index (Phi) is 21.7. The highest BCUT2D eigenvalue weighted by molar-refractivity contribution is 5.80. The lowest BCUT2D eigenvalue weighted by atomic mass is 10.1. The number of aliphatic hydroxyl groups is 1. The van der Waals surface area contributed by atoms with Gasteiger partial charge in [-0.05, 0) is 68.7 Å². The van der Waals surface area contributed by atoms with E-state index in [0.717, 1.165) is 25.3 Å². The van der Waals surface area contributed by atoms with Crippen molar-refractivity contribution in [3.63, 3.8) is 0 Å². The Balaban J connectivity index is 0. The minimum Gasteiger partial charge on any atom is -0.432 e. The summed E-state index contributed by atoms with van der Waals surface area (Å²) in [7, 11) is 0. The van der Waals surface area contributed by atoms with Crippen molar-refractivity contribution in [3.8, 4) is 29.9 Å². The number of terminal acetylenes is 1. The smallest absolute Gasteiger partial charge is 0.387 e. The molecule has 4 nitrogen and oxygen atoms in total. The molecule has 1 aromatic carbocycles. The Hall–Kier alpha value is -3.51. The van der Waals surface area contributed by atoms with Gasteiger partial charge in [0.1, 0.15) is 11.5 Å². The summed E-state index contributed by atoms with van der Waals surface area (Å²) in [4.78, 5) is 8.80. The number of benzene rings is 1. The number of halogens is 5. The number of allylic oxidation sites excluding steroid dienone is 3. The van der Waals surface area contributed by atoms with E-state index in [-0.39, 0.29) is 18.1 Å². The van der Waals surface area contributed by atoms with E-state index < -0.39 is 18.9 Å². The van der Waals surface area contributed by atoms with Crippen molar-refractivity contribution in [2.24, 2.45) is 4.99 Å². The number of aromatic nitrogens is 1. The van der Waals surface area contributed by atoms with Crippen LogP contribution in [-0.4, -0.2) is 35.9 Å². The molecule has 0 bridgehead atoms. The van der Waals surface area contributed by atoms with Gasteiger partial charge in [0.15, 0.2) is 5.75 Å². The fourth-order valence-corrected chi connectivity index (χ4v) is 2.92. The van der Waals surface area contributed by atoms with E-state index >= 15 is 0 Å². The maximum atomic E-state index is 13.9. The molecule has 1 N–H and O–H groups in total. The fraction of sp³-hybridized carbons (Fsp3) is 0.400. The number of alkyl halides is 4. The molecule has 9 heteroatoms. The topological polar surface area (TPSA) is 54.7 Å². The van der Waals surface area contributed by atoms with Crippen LogP contribution >= 0.6 is 0 Å². The zero-order valence-electron chi connectivity index (χ0n) is 23.4. The Bertz CT molecular complexity index is 1040. The number of hydrogen-bond donors (Lipinski definition) is 1. The summed E-state index contributed by atoms with van der Waals surface area (Å²) in [5.41, 5.74) is 3.13. The van der Waals surface area contributed by atoms with Crippen LogP contribution in [0.1, 0.15) is 58.7 Å². The highest BCUT2D eigenvalue weighted by Gasteiger charge is 2.15. The van der Waals surface area contributed by atoms with E-state index in [0.29, 0.717) is 28.9 Å². The first-order valence-electron chi connectivity index (χ1n) is 12.4. The molecule has 0 spiro atoms. The largest absolute Gasteiger partial charge is 0.432 e. The van der Waals surface area contributed by atoms with E-state index in [1.165, 1.54) is 18.2 Å². The van der Waals surface area contributed by atoms with Gasteiger partial charge in [0.2, 0.25) is 6.43 Å². The minimum absolute atomic E-state index is 0.121. The predicted octanol–water partition coefficient (Wildman–Crippen LogP) is 8.58. The number of rotatable bonds is 10. The highest BCUT2D eigenvalue weighted by atomic mass is 19.3. The second-order valence-corrected chi connectivity index (χ2v) is 7.50. The van der Waals surface area contributed by atoms with Crippen LogP contribution in [0, 0.1) is 25.6 Å². The van der Waals surface area contributed by atoms with Gasteiger partial charge in [-0.2, -0.15) is 8.78 Å². The molecule has 1 aromatic heterocycles. The molecule has 216 valence electrons. The quantitative estimate of drug-likeness (QED) is 0.182. The summed E-state index contributed by atoms with van der Waals surface area (Å²) in [6.45, 7) is 7.25. The summed E-state index contributed by atoms with van der Waals surface area (Å²) in [6, 6.07) is 7.25. The van der Waals surface area contributed by atoms with Crippen LogP contribution < -0.4 is 4.74 Å². The van der Waals surface area contributed by atoms with Crippen molar-refractivity contribution in [2.45, 2.75) is 73.8 Å². The molecule has 0 saturated carbocycles. The molecule has 0 fully saturated rings. The van der Waals surface area contributed by atoms with Gasteiger partial charge in [-0.3, -0.25) is 4.99 Å². The molecule has 0 amide bonds. The summed E-state index contributed by atoms with van der Waals surface area (Å²) in [5, 5.41) is 9.42. The first-order chi connectivity index (χ1) is 18.6. The Labute approximate surface area is 229 Å². The number of ether oxygens (including phenoxy) is 1. The molecule has 0 aliphatic heterocycles. The number of pyridine rings is 1. The SMILES string of the molecule is C#C.CC.CC(F)F.C\C=C(/C=N/C(=C/CCC)CO)Cc1ccc(OC(F)F)c(-c2cc(C)cc(F)c2)n1. The van der Waals surface area contributed by atoms with Crippen molar-refractivity contribution in [2.75, 3.05) is 6.61 Å². The molecule has 2 rings (SSSR count). The molecule has 2 aromatic rings. The highest BCUT2D eigenvalue weighted by Crippen LogP contribution is 2.31. The maximum Gasteiger partial charge on any atom is 0.387 e. The number of aryl methyl sites for hydroxylation is 1. The molecule has 0 atom stereocenters. The minimum atomic E-state index is -3.02. The van der Waals surface area contributed by atoms with E-state index in [1.54, 1.807) is 25.3 Å². The Morgan fingerprint density at radius 1 is 1.13 bits per heavy atom. The third-order valence-electron chi connectivity index (χ3n) is 4.43. The van der Waals surface area contributed by atoms with E-state index in [9.17, 15) is 27.1 Å². The molecule has 0 saturated heterocycles. The van der Waals surface area contributed by atoms with E-state index in [1.807, 2.05) is 39.8 Å². The van der Waals surface area contributed by atoms with Crippen molar-refractivity contribution >= 4 is 6.21 Å². The monoisotopic (exact) mass is 554 g/mol. The average molecular weight is 555 g/mol. The van der Waals surface area contributed by atoms with Crippen LogP contribution in [0.15, 0.2) is 58.7 Å². The van der Waals surface area contributed by atoms with E-state index in [2.05, 4.69) is 27.6 Å². The summed E-state index contributed by atoms with van der Waals surface area (Å²) < 4.78 is 64.9. The lowest BCUT2D eigenvalue weighted by molar-refractivity contribution is -0.0496. The van der Waals surface area contributed by atoms with Crippen molar-refractivity contribution in [3.05, 3.63) is 70.8 Å². The van der Waals surface area contributed by atoms with Gasteiger partial charge in [0.25, 0.3) is 0 Å². The summed E-state index contributed by atoms with van der Waals surface area (Å²) >= 11 is 0. The van der Waals surface area contributed by atoms with Gasteiger partial charge >= 0.3 is 6.61 Å². The zero-order chi connectivity index (χ0) is 30.4. The number of unbranched alkanes of at least 4 members (excludes halogenated alkanes) is 1. The first-order valence-corrected chi connectivity index (χ1v) is 12.4. The van der Waals surface area contributed by atoms with Gasteiger partial charge < -0.3 is 9.84 Å². The average Bonchev–Trinajstić information content (AvgIpc) is 2.90. The van der Waals surface area contributed by atoms with Gasteiger partial charge in [-0.1, -0.05) is 39.3 Å². The van der Waals surface area contributed by atoms with Crippen LogP contribution in [0.5, 0.6) is 5.75 Å². The Morgan fingerprint density at radius 2 is 1.74 bits per heavy atom. The zero-order valence-corrected chi connectivity index (χ0v) is 23.4.